The van der Waals surface area contributed by atoms with Crippen LogP contribution in [0.4, 0.5) is 0 Å². The molecule has 0 radical (unpaired) electrons. The topological polar surface area (TPSA) is 31.0 Å². The van der Waals surface area contributed by atoms with E-state index in [0.29, 0.717) is 11.8 Å². The summed E-state index contributed by atoms with van der Waals surface area (Å²) in [6, 6.07) is 54.5. The maximum absolute atomic E-state index is 6.89. The lowest BCUT2D eigenvalue weighted by Crippen LogP contribution is -2.17. The monoisotopic (exact) mass is 692 g/mol. The van der Waals surface area contributed by atoms with Gasteiger partial charge in [0, 0.05) is 33.5 Å². The Labute approximate surface area is 313 Å². The molecule has 2 aliphatic rings. The van der Waals surface area contributed by atoms with Gasteiger partial charge in [-0.1, -0.05) is 127 Å². The van der Waals surface area contributed by atoms with Crippen molar-refractivity contribution in [3.8, 4) is 39.3 Å². The van der Waals surface area contributed by atoms with Gasteiger partial charge >= 0.3 is 0 Å². The number of imidazole rings is 1. The second kappa shape index (κ2) is 12.5. The van der Waals surface area contributed by atoms with Crippen LogP contribution in [0.1, 0.15) is 24.3 Å². The summed E-state index contributed by atoms with van der Waals surface area (Å²) in [6.45, 7) is 0. The molecular formula is C51H36N2O. The fourth-order valence-corrected chi connectivity index (χ4v) is 8.95. The molecule has 54 heavy (non-hydrogen) atoms. The minimum absolute atomic E-state index is 0.338. The average Bonchev–Trinajstić information content (AvgIpc) is 3.82. The number of rotatable bonds is 5. The van der Waals surface area contributed by atoms with Gasteiger partial charge in [0.05, 0.1) is 11.0 Å². The van der Waals surface area contributed by atoms with Gasteiger partial charge < -0.3 is 4.42 Å². The van der Waals surface area contributed by atoms with Crippen LogP contribution in [0.2, 0.25) is 0 Å². The van der Waals surface area contributed by atoms with Gasteiger partial charge in [0.1, 0.15) is 17.0 Å². The molecule has 0 bridgehead atoms. The van der Waals surface area contributed by atoms with E-state index in [2.05, 4.69) is 187 Å². The van der Waals surface area contributed by atoms with Gasteiger partial charge in [-0.2, -0.15) is 0 Å². The van der Waals surface area contributed by atoms with Gasteiger partial charge in [0.2, 0.25) is 0 Å². The number of benzene rings is 7. The lowest BCUT2D eigenvalue weighted by molar-refractivity contribution is 0.507. The number of hydrogen-bond acceptors (Lipinski definition) is 2. The zero-order valence-electron chi connectivity index (χ0n) is 29.7. The molecular weight excluding hydrogens is 657 g/mol. The summed E-state index contributed by atoms with van der Waals surface area (Å²) in [6.07, 6.45) is 13.8. The van der Waals surface area contributed by atoms with E-state index in [9.17, 15) is 0 Å². The van der Waals surface area contributed by atoms with Crippen molar-refractivity contribution >= 4 is 43.7 Å². The minimum atomic E-state index is 0.338. The molecule has 0 amide bonds. The van der Waals surface area contributed by atoms with E-state index in [1.165, 1.54) is 39.5 Å². The highest BCUT2D eigenvalue weighted by Crippen LogP contribution is 2.45. The summed E-state index contributed by atoms with van der Waals surface area (Å²) >= 11 is 0. The maximum atomic E-state index is 6.89. The number of para-hydroxylation sites is 3. The van der Waals surface area contributed by atoms with Gasteiger partial charge in [-0.15, -0.1) is 0 Å². The van der Waals surface area contributed by atoms with Crippen LogP contribution in [-0.4, -0.2) is 9.55 Å². The third-order valence-corrected chi connectivity index (χ3v) is 11.5. The predicted octanol–water partition coefficient (Wildman–Crippen LogP) is 13.6. The molecule has 0 fully saturated rings. The van der Waals surface area contributed by atoms with Crippen LogP contribution in [-0.2, 0) is 0 Å². The highest BCUT2D eigenvalue weighted by molar-refractivity contribution is 6.13. The Kier molecular flexibility index (Phi) is 7.12. The SMILES string of the molecule is C1=CC(c2ccc3oc4c(-c5cccc(-c6nc7ccccc7n6-c6ccccc6)c5)cc(-c5cccc6ccccc56)cc4c3c2)C2CCC=CC2=C1. The number of aromatic nitrogens is 2. The summed E-state index contributed by atoms with van der Waals surface area (Å²) in [5.74, 6) is 1.75. The molecule has 11 rings (SSSR count). The van der Waals surface area contributed by atoms with Crippen molar-refractivity contribution in [1.82, 2.24) is 9.55 Å². The fourth-order valence-electron chi connectivity index (χ4n) is 8.95. The smallest absolute Gasteiger partial charge is 0.145 e. The van der Waals surface area contributed by atoms with Crippen molar-refractivity contribution in [2.45, 2.75) is 18.8 Å². The average molecular weight is 693 g/mol. The van der Waals surface area contributed by atoms with Crippen LogP contribution in [0.25, 0.3) is 83.1 Å². The van der Waals surface area contributed by atoms with Crippen molar-refractivity contribution in [2.24, 2.45) is 5.92 Å². The molecule has 2 aromatic heterocycles. The van der Waals surface area contributed by atoms with Gasteiger partial charge in [-0.05, 0) is 112 Å². The summed E-state index contributed by atoms with van der Waals surface area (Å²) in [4.78, 5) is 5.20. The molecule has 0 N–H and O–H groups in total. The van der Waals surface area contributed by atoms with Crippen molar-refractivity contribution in [2.75, 3.05) is 0 Å². The number of allylic oxidation sites excluding steroid dienone is 6. The Bertz CT molecular complexity index is 3000. The van der Waals surface area contributed by atoms with E-state index < -0.39 is 0 Å². The van der Waals surface area contributed by atoms with Crippen molar-refractivity contribution in [3.63, 3.8) is 0 Å². The standard InChI is InChI=1S/C51H36N2O/c1-2-19-39(20-3-1)53-48-26-9-8-25-47(48)52-51(53)37-18-10-17-35(29-37)44-31-38(43-24-12-16-34-14-5-7-22-41(34)43)32-46-45-30-36(27-28-49(45)54-50(44)46)42-23-11-15-33-13-4-6-21-40(33)42/h1-5,7-20,22-32,40,42H,6,21H2. The molecule has 2 unspecified atom stereocenters. The second-order valence-electron chi connectivity index (χ2n) is 14.6. The summed E-state index contributed by atoms with van der Waals surface area (Å²) < 4.78 is 9.16. The quantitative estimate of drug-likeness (QED) is 0.180. The minimum Gasteiger partial charge on any atom is -0.455 e. The van der Waals surface area contributed by atoms with Gasteiger partial charge in [0.15, 0.2) is 0 Å². The zero-order valence-corrected chi connectivity index (χ0v) is 29.7. The molecule has 2 atom stereocenters. The lowest BCUT2D eigenvalue weighted by Gasteiger charge is -2.30. The second-order valence-corrected chi connectivity index (χ2v) is 14.6. The largest absolute Gasteiger partial charge is 0.455 e. The highest BCUT2D eigenvalue weighted by atomic mass is 16.3. The normalized spacial score (nSPS) is 16.7. The molecule has 256 valence electrons. The number of furan rings is 1. The van der Waals surface area contributed by atoms with Crippen LogP contribution in [0.3, 0.4) is 0 Å². The summed E-state index contributed by atoms with van der Waals surface area (Å²) in [5.41, 5.74) is 13.3. The first-order chi connectivity index (χ1) is 26.8. The number of hydrogen-bond donors (Lipinski definition) is 0. The van der Waals surface area contributed by atoms with E-state index in [1.54, 1.807) is 0 Å². The van der Waals surface area contributed by atoms with Gasteiger partial charge in [0.25, 0.3) is 0 Å². The zero-order chi connectivity index (χ0) is 35.6. The molecule has 0 saturated heterocycles. The summed E-state index contributed by atoms with van der Waals surface area (Å²) in [7, 11) is 0. The van der Waals surface area contributed by atoms with Crippen LogP contribution >= 0.6 is 0 Å². The third-order valence-electron chi connectivity index (χ3n) is 11.5. The Hall–Kier alpha value is -6.71. The molecule has 0 aliphatic heterocycles. The Morgan fingerprint density at radius 1 is 0.630 bits per heavy atom. The van der Waals surface area contributed by atoms with E-state index in [4.69, 9.17) is 9.40 Å². The molecule has 7 aromatic carbocycles. The van der Waals surface area contributed by atoms with Crippen LogP contribution in [0.5, 0.6) is 0 Å². The van der Waals surface area contributed by atoms with E-state index >= 15 is 0 Å². The van der Waals surface area contributed by atoms with Crippen molar-refractivity contribution in [3.05, 3.63) is 193 Å². The van der Waals surface area contributed by atoms with Crippen molar-refractivity contribution in [1.29, 1.82) is 0 Å². The lowest BCUT2D eigenvalue weighted by atomic mass is 9.73. The molecule has 3 heteroatoms. The third kappa shape index (κ3) is 5.00. The Balaban J connectivity index is 1.13. The first-order valence-electron chi connectivity index (χ1n) is 18.9. The molecule has 9 aromatic rings. The van der Waals surface area contributed by atoms with Gasteiger partial charge in [-0.3, -0.25) is 4.57 Å². The number of nitrogens with zero attached hydrogens (tertiary/aromatic N) is 2. The maximum Gasteiger partial charge on any atom is 0.145 e. The number of fused-ring (bicyclic) bond motifs is 6. The molecule has 0 spiro atoms. The van der Waals surface area contributed by atoms with E-state index in [-0.39, 0.29) is 0 Å². The van der Waals surface area contributed by atoms with E-state index in [1.807, 2.05) is 0 Å². The summed E-state index contributed by atoms with van der Waals surface area (Å²) in [5, 5.41) is 4.76. The molecule has 2 heterocycles. The Morgan fingerprint density at radius 3 is 2.43 bits per heavy atom. The van der Waals surface area contributed by atoms with Crippen molar-refractivity contribution < 1.29 is 4.42 Å². The fraction of sp³-hybridized carbons (Fsp3) is 0.0784. The molecule has 3 nitrogen and oxygen atoms in total. The molecule has 2 aliphatic carbocycles. The predicted molar refractivity (Wildman–Crippen MR) is 224 cm³/mol. The highest BCUT2D eigenvalue weighted by Gasteiger charge is 2.28. The Morgan fingerprint density at radius 2 is 1.46 bits per heavy atom. The molecule has 0 saturated carbocycles. The van der Waals surface area contributed by atoms with E-state index in [0.717, 1.165) is 67.6 Å². The van der Waals surface area contributed by atoms with Gasteiger partial charge in [-0.25, -0.2) is 4.98 Å². The van der Waals surface area contributed by atoms with Crippen LogP contribution < -0.4 is 0 Å². The van der Waals surface area contributed by atoms with Crippen LogP contribution in [0.15, 0.2) is 192 Å². The first kappa shape index (κ1) is 30.9. The van der Waals surface area contributed by atoms with Crippen LogP contribution in [0, 0.1) is 5.92 Å². The first-order valence-corrected chi connectivity index (χ1v) is 18.9.